The van der Waals surface area contributed by atoms with Crippen molar-refractivity contribution in [1.82, 2.24) is 20.4 Å². The first kappa shape index (κ1) is 19.2. The maximum atomic E-state index is 12.0. The van der Waals surface area contributed by atoms with Crippen LogP contribution in [0.15, 0.2) is 0 Å². The lowest BCUT2D eigenvalue weighted by atomic mass is 10.1. The van der Waals surface area contributed by atoms with E-state index in [1.54, 1.807) is 16.8 Å². The van der Waals surface area contributed by atoms with E-state index in [2.05, 4.69) is 10.6 Å². The zero-order chi connectivity index (χ0) is 17.2. The zero-order valence-electron chi connectivity index (χ0n) is 13.5. The molecule has 0 aliphatic carbocycles. The average molecular weight is 330 g/mol. The summed E-state index contributed by atoms with van der Waals surface area (Å²) in [4.78, 5) is 36.9. The van der Waals surface area contributed by atoms with E-state index in [1.165, 1.54) is 0 Å². The monoisotopic (exact) mass is 330 g/mol. The van der Waals surface area contributed by atoms with Crippen molar-refractivity contribution in [3.05, 3.63) is 0 Å². The van der Waals surface area contributed by atoms with E-state index in [0.717, 1.165) is 6.42 Å². The highest BCUT2D eigenvalue weighted by molar-refractivity contribution is 5.74. The van der Waals surface area contributed by atoms with Crippen LogP contribution in [0.2, 0.25) is 0 Å². The average Bonchev–Trinajstić information content (AvgIpc) is 2.50. The SMILES string of the molecule is CNC(CCCCNC(=O)N1CCN(CC(=O)O)CC1)C(=O)O. The molecular weight excluding hydrogens is 304 g/mol. The van der Waals surface area contributed by atoms with E-state index < -0.39 is 18.0 Å². The molecule has 1 rings (SSSR count). The third-order valence-corrected chi connectivity index (χ3v) is 3.86. The third kappa shape index (κ3) is 7.29. The van der Waals surface area contributed by atoms with Crippen LogP contribution < -0.4 is 10.6 Å². The summed E-state index contributed by atoms with van der Waals surface area (Å²) in [6.07, 6.45) is 1.95. The standard InChI is InChI=1S/C14H26N4O5/c1-15-11(13(21)22)4-2-3-5-16-14(23)18-8-6-17(7-9-18)10-12(19)20/h11,15H,2-10H2,1H3,(H,16,23)(H,19,20)(H,21,22). The number of piperazine rings is 1. The number of likely N-dealkylation sites (N-methyl/N-ethyl adjacent to an activating group) is 1. The number of nitrogens with one attached hydrogen (secondary N) is 2. The molecule has 1 aliphatic rings. The van der Waals surface area contributed by atoms with Crippen molar-refractivity contribution in [2.45, 2.75) is 25.3 Å². The first-order valence-electron chi connectivity index (χ1n) is 7.81. The summed E-state index contributed by atoms with van der Waals surface area (Å²) < 4.78 is 0. The predicted molar refractivity (Wildman–Crippen MR) is 83.4 cm³/mol. The number of aliphatic carboxylic acids is 2. The Morgan fingerprint density at radius 2 is 1.74 bits per heavy atom. The lowest BCUT2D eigenvalue weighted by Gasteiger charge is -2.33. The third-order valence-electron chi connectivity index (χ3n) is 3.86. The van der Waals surface area contributed by atoms with Gasteiger partial charge < -0.3 is 25.7 Å². The molecule has 1 unspecified atom stereocenters. The number of carboxylic acids is 2. The van der Waals surface area contributed by atoms with Crippen molar-refractivity contribution in [1.29, 1.82) is 0 Å². The van der Waals surface area contributed by atoms with E-state index in [1.807, 2.05) is 0 Å². The van der Waals surface area contributed by atoms with Crippen molar-refractivity contribution in [3.8, 4) is 0 Å². The van der Waals surface area contributed by atoms with Crippen molar-refractivity contribution in [3.63, 3.8) is 0 Å². The van der Waals surface area contributed by atoms with E-state index in [9.17, 15) is 14.4 Å². The summed E-state index contributed by atoms with van der Waals surface area (Å²) in [5.74, 6) is -1.72. The molecular formula is C14H26N4O5. The minimum atomic E-state index is -0.865. The van der Waals surface area contributed by atoms with Gasteiger partial charge in [0.15, 0.2) is 0 Å². The molecule has 23 heavy (non-hydrogen) atoms. The van der Waals surface area contributed by atoms with E-state index >= 15 is 0 Å². The first-order chi connectivity index (χ1) is 10.9. The van der Waals surface area contributed by atoms with Crippen LogP contribution in [0.4, 0.5) is 4.79 Å². The second-order valence-electron chi connectivity index (χ2n) is 5.56. The van der Waals surface area contributed by atoms with Crippen LogP contribution in [-0.4, -0.2) is 90.3 Å². The summed E-state index contributed by atoms with van der Waals surface area (Å²) in [7, 11) is 1.62. The largest absolute Gasteiger partial charge is 0.480 e. The van der Waals surface area contributed by atoms with Crippen LogP contribution >= 0.6 is 0 Å². The maximum absolute atomic E-state index is 12.0. The molecule has 0 aromatic rings. The predicted octanol–water partition coefficient (Wildman–Crippen LogP) is -0.759. The van der Waals surface area contributed by atoms with Crippen LogP contribution in [0.25, 0.3) is 0 Å². The number of carbonyl (C=O) groups excluding carboxylic acids is 1. The van der Waals surface area contributed by atoms with Crippen LogP contribution in [-0.2, 0) is 9.59 Å². The Hall–Kier alpha value is -1.87. The molecule has 132 valence electrons. The van der Waals surface area contributed by atoms with Gasteiger partial charge in [0, 0.05) is 32.7 Å². The minimum absolute atomic E-state index is 0.00562. The van der Waals surface area contributed by atoms with Crippen molar-refractivity contribution in [2.75, 3.05) is 46.3 Å². The van der Waals surface area contributed by atoms with Crippen molar-refractivity contribution >= 4 is 18.0 Å². The zero-order valence-corrected chi connectivity index (χ0v) is 13.5. The Labute approximate surface area is 135 Å². The van der Waals surface area contributed by atoms with E-state index in [4.69, 9.17) is 10.2 Å². The van der Waals surface area contributed by atoms with Crippen molar-refractivity contribution in [2.24, 2.45) is 0 Å². The fourth-order valence-electron chi connectivity index (χ4n) is 2.47. The number of carboxylic acid groups (broad SMARTS) is 2. The Kier molecular flexibility index (Phi) is 8.35. The molecule has 0 bridgehead atoms. The Bertz CT molecular complexity index is 410. The van der Waals surface area contributed by atoms with E-state index in [-0.39, 0.29) is 12.6 Å². The molecule has 1 atom stereocenters. The highest BCUT2D eigenvalue weighted by Gasteiger charge is 2.21. The number of carbonyl (C=O) groups is 3. The number of amides is 2. The fourth-order valence-corrected chi connectivity index (χ4v) is 2.47. The van der Waals surface area contributed by atoms with Crippen LogP contribution in [0.1, 0.15) is 19.3 Å². The summed E-state index contributed by atoms with van der Waals surface area (Å²) in [5, 5.41) is 23.1. The smallest absolute Gasteiger partial charge is 0.320 e. The van der Waals surface area contributed by atoms with Gasteiger partial charge in [0.2, 0.25) is 0 Å². The molecule has 0 aromatic carbocycles. The van der Waals surface area contributed by atoms with Crippen LogP contribution in [0.3, 0.4) is 0 Å². The van der Waals surface area contributed by atoms with Gasteiger partial charge >= 0.3 is 18.0 Å². The molecule has 1 aliphatic heterocycles. The molecule has 1 fully saturated rings. The van der Waals surface area contributed by atoms with Gasteiger partial charge in [0.1, 0.15) is 6.04 Å². The second kappa shape index (κ2) is 10.0. The summed E-state index contributed by atoms with van der Waals surface area (Å²) in [6, 6.07) is -0.698. The van der Waals surface area contributed by atoms with Gasteiger partial charge in [0.05, 0.1) is 6.54 Å². The molecule has 9 nitrogen and oxygen atoms in total. The molecule has 9 heteroatoms. The van der Waals surface area contributed by atoms with Gasteiger partial charge in [-0.3, -0.25) is 14.5 Å². The molecule has 1 heterocycles. The lowest BCUT2D eigenvalue weighted by molar-refractivity contribution is -0.140. The minimum Gasteiger partial charge on any atom is -0.480 e. The highest BCUT2D eigenvalue weighted by Crippen LogP contribution is 2.03. The van der Waals surface area contributed by atoms with Gasteiger partial charge in [0.25, 0.3) is 0 Å². The van der Waals surface area contributed by atoms with Crippen LogP contribution in [0.5, 0.6) is 0 Å². The van der Waals surface area contributed by atoms with Gasteiger partial charge in [-0.05, 0) is 26.3 Å². The lowest BCUT2D eigenvalue weighted by Crippen LogP contribution is -2.52. The number of hydrogen-bond acceptors (Lipinski definition) is 5. The van der Waals surface area contributed by atoms with Crippen LogP contribution in [0, 0.1) is 0 Å². The Morgan fingerprint density at radius 3 is 2.26 bits per heavy atom. The number of rotatable bonds is 9. The normalized spacial score (nSPS) is 16.8. The molecule has 0 radical (unpaired) electrons. The Balaban J connectivity index is 2.13. The summed E-state index contributed by atoms with van der Waals surface area (Å²) in [5.41, 5.74) is 0. The first-order valence-corrected chi connectivity index (χ1v) is 7.81. The number of hydrogen-bond donors (Lipinski definition) is 4. The molecule has 4 N–H and O–H groups in total. The second-order valence-corrected chi connectivity index (χ2v) is 5.56. The van der Waals surface area contributed by atoms with Crippen molar-refractivity contribution < 1.29 is 24.6 Å². The number of nitrogens with zero attached hydrogens (tertiary/aromatic N) is 2. The van der Waals surface area contributed by atoms with E-state index in [0.29, 0.717) is 45.6 Å². The Morgan fingerprint density at radius 1 is 1.09 bits per heavy atom. The molecule has 1 saturated heterocycles. The quantitative estimate of drug-likeness (QED) is 0.410. The summed E-state index contributed by atoms with van der Waals surface area (Å²) in [6.45, 7) is 2.65. The fraction of sp³-hybridized carbons (Fsp3) is 0.786. The van der Waals surface area contributed by atoms with Gasteiger partial charge in [-0.25, -0.2) is 4.79 Å². The number of unbranched alkanes of at least 4 members (excludes halogenated alkanes) is 1. The summed E-state index contributed by atoms with van der Waals surface area (Å²) >= 11 is 0. The van der Waals surface area contributed by atoms with Gasteiger partial charge in [-0.2, -0.15) is 0 Å². The van der Waals surface area contributed by atoms with Gasteiger partial charge in [-0.15, -0.1) is 0 Å². The highest BCUT2D eigenvalue weighted by atomic mass is 16.4. The molecule has 0 saturated carbocycles. The number of urea groups is 1. The van der Waals surface area contributed by atoms with Gasteiger partial charge in [-0.1, -0.05) is 0 Å². The topological polar surface area (TPSA) is 122 Å². The maximum Gasteiger partial charge on any atom is 0.320 e. The molecule has 0 aromatic heterocycles. The molecule has 2 amide bonds. The molecule has 0 spiro atoms.